The molecule has 2 aliphatic rings. The molecule has 4 N–H and O–H groups in total. The van der Waals surface area contributed by atoms with Gasteiger partial charge in [-0.25, -0.2) is 20.6 Å². The number of carbonyl (C=O) groups is 3. The van der Waals surface area contributed by atoms with Crippen molar-refractivity contribution in [2.45, 2.75) is 25.3 Å². The van der Waals surface area contributed by atoms with Crippen molar-refractivity contribution in [2.24, 2.45) is 5.84 Å². The van der Waals surface area contributed by atoms with E-state index < -0.39 is 17.9 Å². The number of benzene rings is 2. The number of rotatable bonds is 5. The van der Waals surface area contributed by atoms with Crippen LogP contribution in [-0.4, -0.2) is 76.6 Å². The van der Waals surface area contributed by atoms with Gasteiger partial charge in [-0.2, -0.15) is 0 Å². The van der Waals surface area contributed by atoms with E-state index in [1.165, 1.54) is 11.0 Å². The van der Waals surface area contributed by atoms with Gasteiger partial charge in [0, 0.05) is 59.5 Å². The average molecular weight is 676 g/mol. The highest BCUT2D eigenvalue weighted by molar-refractivity contribution is 6.32. The molecule has 0 saturated carbocycles. The molecule has 242 valence electrons. The lowest BCUT2D eigenvalue weighted by molar-refractivity contribution is -0.143. The number of nitrogens with two attached hydrogens (primary N) is 1. The predicted molar refractivity (Wildman–Crippen MR) is 181 cm³/mol. The van der Waals surface area contributed by atoms with E-state index >= 15 is 0 Å². The van der Waals surface area contributed by atoms with Gasteiger partial charge in [0.05, 0.1) is 35.0 Å². The number of nitrogens with zero attached hydrogens (tertiary/aromatic N) is 4. The molecule has 2 amide bonds. The molecule has 0 aliphatic carbocycles. The number of amides is 2. The summed E-state index contributed by atoms with van der Waals surface area (Å²) in [5.41, 5.74) is 6.14. The van der Waals surface area contributed by atoms with Gasteiger partial charge in [0.25, 0.3) is 11.8 Å². The van der Waals surface area contributed by atoms with Crippen LogP contribution in [0.4, 0.5) is 5.82 Å². The average Bonchev–Trinajstić information content (AvgIpc) is 3.10. The summed E-state index contributed by atoms with van der Waals surface area (Å²) in [4.78, 5) is 50.3. The van der Waals surface area contributed by atoms with E-state index in [0.29, 0.717) is 64.5 Å². The molecular weight excluding hydrogens is 643 g/mol. The monoisotopic (exact) mass is 674 g/mol. The number of nitrogens with one attached hydrogen (secondary N) is 1. The topological polar surface area (TPSA) is 151 Å². The maximum Gasteiger partial charge on any atom is 0.326 e. The Morgan fingerprint density at radius 2 is 1.77 bits per heavy atom. The van der Waals surface area contributed by atoms with Gasteiger partial charge in [0.2, 0.25) is 0 Å². The van der Waals surface area contributed by atoms with Gasteiger partial charge in [-0.3, -0.25) is 15.0 Å². The number of anilines is 1. The molecule has 2 aliphatic heterocycles. The summed E-state index contributed by atoms with van der Waals surface area (Å²) < 4.78 is 5.45. The Morgan fingerprint density at radius 1 is 1.00 bits per heavy atom. The number of halogens is 2. The number of likely N-dealkylation sites (tertiary alicyclic amines) is 1. The highest BCUT2D eigenvalue weighted by atomic mass is 35.5. The van der Waals surface area contributed by atoms with Gasteiger partial charge in [-0.05, 0) is 55.7 Å². The van der Waals surface area contributed by atoms with Gasteiger partial charge < -0.3 is 19.6 Å². The van der Waals surface area contributed by atoms with Crippen molar-refractivity contribution in [1.82, 2.24) is 20.3 Å². The first-order chi connectivity index (χ1) is 22.3. The Kier molecular flexibility index (Phi) is 10.6. The number of piperidine rings is 1. The van der Waals surface area contributed by atoms with Gasteiger partial charge >= 0.3 is 5.97 Å². The number of nitrogen functional groups attached to an aromatic ring is 1. The van der Waals surface area contributed by atoms with E-state index in [0.717, 1.165) is 42.9 Å². The molecule has 2 aromatic carbocycles. The van der Waals surface area contributed by atoms with Crippen molar-refractivity contribution in [2.75, 3.05) is 37.7 Å². The molecule has 13 heteroatoms. The molecule has 11 nitrogen and oxygen atoms in total. The van der Waals surface area contributed by atoms with Gasteiger partial charge in [-0.1, -0.05) is 35.6 Å². The normalized spacial score (nSPS) is 16.1. The number of carboxylic acid groups (broad SMARTS) is 1. The van der Waals surface area contributed by atoms with E-state index in [2.05, 4.69) is 27.2 Å². The summed E-state index contributed by atoms with van der Waals surface area (Å²) in [5.74, 6) is 10.6. The third kappa shape index (κ3) is 7.32. The summed E-state index contributed by atoms with van der Waals surface area (Å²) in [5, 5.41) is 10.4. The third-order valence-electron chi connectivity index (χ3n) is 8.18. The molecule has 6 rings (SSSR count). The van der Waals surface area contributed by atoms with E-state index in [1.54, 1.807) is 24.4 Å². The number of ether oxygens (including phenoxy) is 1. The van der Waals surface area contributed by atoms with Crippen molar-refractivity contribution in [3.63, 3.8) is 0 Å². The fourth-order valence-corrected chi connectivity index (χ4v) is 5.93. The van der Waals surface area contributed by atoms with E-state index in [-0.39, 0.29) is 18.3 Å². The van der Waals surface area contributed by atoms with Crippen LogP contribution < -0.4 is 16.2 Å². The minimum absolute atomic E-state index is 0. The number of hydrazine groups is 1. The van der Waals surface area contributed by atoms with Crippen LogP contribution in [0.3, 0.4) is 0 Å². The second kappa shape index (κ2) is 14.8. The van der Waals surface area contributed by atoms with Crippen LogP contribution in [-0.2, 0) is 9.53 Å². The predicted octanol–water partition coefficient (Wildman–Crippen LogP) is 4.29. The Bertz CT molecular complexity index is 1890. The summed E-state index contributed by atoms with van der Waals surface area (Å²) >= 11 is 6.49. The first-order valence-corrected chi connectivity index (χ1v) is 15.3. The van der Waals surface area contributed by atoms with Crippen LogP contribution >= 0.6 is 24.0 Å². The number of carboxylic acids is 1. The lowest BCUT2D eigenvalue weighted by Gasteiger charge is -2.33. The van der Waals surface area contributed by atoms with Gasteiger partial charge in [-0.15, -0.1) is 12.4 Å². The number of fused-ring (bicyclic) bond motifs is 1. The summed E-state index contributed by atoms with van der Waals surface area (Å²) in [6.07, 6.45) is 3.62. The van der Waals surface area contributed by atoms with Crippen LogP contribution in [0, 0.1) is 11.8 Å². The Hall–Kier alpha value is -4.73. The van der Waals surface area contributed by atoms with Crippen LogP contribution in [0.1, 0.15) is 51.1 Å². The molecule has 0 spiro atoms. The molecule has 0 radical (unpaired) electrons. The fourth-order valence-electron chi connectivity index (χ4n) is 5.70. The van der Waals surface area contributed by atoms with E-state index in [1.807, 2.05) is 30.3 Å². The number of aliphatic carboxylic acids is 1. The lowest BCUT2D eigenvalue weighted by atomic mass is 10.0. The van der Waals surface area contributed by atoms with Crippen molar-refractivity contribution >= 4 is 58.5 Å². The quantitative estimate of drug-likeness (QED) is 0.122. The molecular formula is C34H32Cl2N6O5. The lowest BCUT2D eigenvalue weighted by Crippen LogP contribution is -2.47. The van der Waals surface area contributed by atoms with Gasteiger partial charge in [0.15, 0.2) is 0 Å². The van der Waals surface area contributed by atoms with Crippen molar-refractivity contribution in [1.29, 1.82) is 0 Å². The number of aromatic nitrogens is 2. The maximum absolute atomic E-state index is 13.1. The molecule has 1 unspecified atom stereocenters. The Labute approximate surface area is 282 Å². The first-order valence-electron chi connectivity index (χ1n) is 14.9. The highest BCUT2D eigenvalue weighted by Crippen LogP contribution is 2.28. The molecule has 0 bridgehead atoms. The zero-order valence-corrected chi connectivity index (χ0v) is 26.8. The summed E-state index contributed by atoms with van der Waals surface area (Å²) in [6.45, 7) is 3.07. The minimum atomic E-state index is -0.999. The molecule has 4 heterocycles. The van der Waals surface area contributed by atoms with Crippen LogP contribution in [0.25, 0.3) is 22.2 Å². The van der Waals surface area contributed by atoms with E-state index in [9.17, 15) is 19.5 Å². The SMILES string of the molecule is Cl.NNC(=O)c1cc(-c2ccc(C#Cc3ccc(C(=O)N4CCCCC4C(=O)O)cc3Cl)cc2)nc2cc(N3CCOCC3)ncc12. The zero-order valence-electron chi connectivity index (χ0n) is 25.2. The molecule has 2 fully saturated rings. The summed E-state index contributed by atoms with van der Waals surface area (Å²) in [7, 11) is 0. The molecule has 4 aromatic rings. The number of pyridine rings is 2. The number of carbonyl (C=O) groups excluding carboxylic acids is 2. The van der Waals surface area contributed by atoms with Crippen LogP contribution in [0.5, 0.6) is 0 Å². The van der Waals surface area contributed by atoms with Crippen molar-refractivity contribution in [3.05, 3.63) is 88.1 Å². The largest absolute Gasteiger partial charge is 0.480 e. The van der Waals surface area contributed by atoms with Crippen LogP contribution in [0.2, 0.25) is 5.02 Å². The van der Waals surface area contributed by atoms with Crippen LogP contribution in [0.15, 0.2) is 60.8 Å². The minimum Gasteiger partial charge on any atom is -0.480 e. The summed E-state index contributed by atoms with van der Waals surface area (Å²) in [6, 6.07) is 15.0. The molecule has 2 aromatic heterocycles. The number of hydrogen-bond donors (Lipinski definition) is 3. The molecule has 47 heavy (non-hydrogen) atoms. The van der Waals surface area contributed by atoms with E-state index in [4.69, 9.17) is 27.2 Å². The maximum atomic E-state index is 13.1. The Morgan fingerprint density at radius 3 is 2.47 bits per heavy atom. The molecule has 1 atom stereocenters. The third-order valence-corrected chi connectivity index (χ3v) is 8.49. The fraction of sp³-hybridized carbons (Fsp3) is 0.265. The smallest absolute Gasteiger partial charge is 0.326 e. The van der Waals surface area contributed by atoms with Crippen molar-refractivity contribution < 1.29 is 24.2 Å². The first kappa shape index (κ1) is 33.6. The number of morpholine rings is 1. The standard InChI is InChI=1S/C34H31ClN6O5.ClH/c35-27-17-24(33(43)41-12-2-1-3-30(41)34(44)45)11-10-22(27)7-4-21-5-8-23(9-6-21)28-18-25(32(42)39-36)26-20-37-31(19-29(26)38-28)40-13-15-46-16-14-40;/h5-6,8-11,17-20,30H,1-3,12-16,36H2,(H,39,42)(H,44,45);1H. The van der Waals surface area contributed by atoms with Gasteiger partial charge in [0.1, 0.15) is 11.9 Å². The number of hydrogen-bond acceptors (Lipinski definition) is 8. The van der Waals surface area contributed by atoms with Crippen molar-refractivity contribution in [3.8, 4) is 23.1 Å². The highest BCUT2D eigenvalue weighted by Gasteiger charge is 2.32. The second-order valence-corrected chi connectivity index (χ2v) is 11.5. The zero-order chi connectivity index (χ0) is 32.2. The second-order valence-electron chi connectivity index (χ2n) is 11.1. The molecule has 2 saturated heterocycles. The Balaban J connectivity index is 0.00000433.